The van der Waals surface area contributed by atoms with Gasteiger partial charge in [0, 0.05) is 6.04 Å². The number of hydrogen-bond acceptors (Lipinski definition) is 3. The fraction of sp³-hybridized carbons (Fsp3) is 1.00. The Labute approximate surface area is 86.4 Å². The molecule has 0 unspecified atom stereocenters. The van der Waals surface area contributed by atoms with Gasteiger partial charge in [-0.05, 0) is 39.8 Å². The minimum atomic E-state index is -2.80. The average Bonchev–Trinajstić information content (AvgIpc) is 2.16. The second kappa shape index (κ2) is 3.20. The van der Waals surface area contributed by atoms with E-state index >= 15 is 0 Å². The third-order valence-electron chi connectivity index (χ3n) is 3.81. The van der Waals surface area contributed by atoms with E-state index in [-0.39, 0.29) is 6.04 Å². The van der Waals surface area contributed by atoms with Gasteiger partial charge in [0.2, 0.25) is 0 Å². The first-order valence-electron chi connectivity index (χ1n) is 5.41. The normalized spacial score (nSPS) is 36.3. The molecule has 1 atom stereocenters. The third-order valence-corrected chi connectivity index (χ3v) is 6.44. The van der Waals surface area contributed by atoms with E-state index in [0.717, 1.165) is 13.1 Å². The van der Waals surface area contributed by atoms with Crippen LogP contribution >= 0.6 is 0 Å². The van der Waals surface area contributed by atoms with Crippen LogP contribution in [0.3, 0.4) is 0 Å². The highest BCUT2D eigenvalue weighted by Crippen LogP contribution is 2.38. The molecule has 2 saturated heterocycles. The minimum absolute atomic E-state index is 0.271. The quantitative estimate of drug-likeness (QED) is 0.659. The molecule has 2 fully saturated rings. The summed E-state index contributed by atoms with van der Waals surface area (Å²) in [5.41, 5.74) is 0. The minimum Gasteiger partial charge on any atom is -0.298 e. The molecule has 0 aromatic rings. The highest BCUT2D eigenvalue weighted by atomic mass is 32.2. The van der Waals surface area contributed by atoms with Gasteiger partial charge in [-0.1, -0.05) is 6.42 Å². The summed E-state index contributed by atoms with van der Waals surface area (Å²) in [6, 6.07) is 0.271. The van der Waals surface area contributed by atoms with Crippen molar-refractivity contribution in [2.24, 2.45) is 0 Å². The van der Waals surface area contributed by atoms with Crippen molar-refractivity contribution in [3.8, 4) is 0 Å². The van der Waals surface area contributed by atoms with E-state index in [9.17, 15) is 8.42 Å². The van der Waals surface area contributed by atoms with E-state index in [0.29, 0.717) is 5.75 Å². The van der Waals surface area contributed by atoms with Crippen molar-refractivity contribution in [3.63, 3.8) is 0 Å². The molecular formula is C10H19NO2S. The van der Waals surface area contributed by atoms with Gasteiger partial charge in [0.15, 0.2) is 9.84 Å². The lowest BCUT2D eigenvalue weighted by Gasteiger charge is -2.50. The summed E-state index contributed by atoms with van der Waals surface area (Å²) in [5, 5.41) is 0. The number of nitrogens with zero attached hydrogens (tertiary/aromatic N) is 1. The molecule has 0 spiro atoms. The molecule has 3 nitrogen and oxygen atoms in total. The monoisotopic (exact) mass is 217 g/mol. The Balaban J connectivity index is 2.08. The lowest BCUT2D eigenvalue weighted by Crippen LogP contribution is -2.67. The summed E-state index contributed by atoms with van der Waals surface area (Å²) >= 11 is 0. The predicted octanol–water partition coefficient (Wildman–Crippen LogP) is 1.05. The molecule has 82 valence electrons. The predicted molar refractivity (Wildman–Crippen MR) is 57.1 cm³/mol. The van der Waals surface area contributed by atoms with E-state index < -0.39 is 14.6 Å². The molecule has 0 bridgehead atoms. The second-order valence-corrected chi connectivity index (χ2v) is 7.61. The lowest BCUT2D eigenvalue weighted by atomic mass is 9.99. The van der Waals surface area contributed by atoms with E-state index in [4.69, 9.17) is 0 Å². The van der Waals surface area contributed by atoms with Crippen LogP contribution in [0.25, 0.3) is 0 Å². The second-order valence-electron chi connectivity index (χ2n) is 5.00. The largest absolute Gasteiger partial charge is 0.298 e. The molecular weight excluding hydrogens is 198 g/mol. The Morgan fingerprint density at radius 2 is 1.71 bits per heavy atom. The van der Waals surface area contributed by atoms with Gasteiger partial charge in [-0.25, -0.2) is 8.42 Å². The number of hydrogen-bond donors (Lipinski definition) is 0. The van der Waals surface area contributed by atoms with Crippen molar-refractivity contribution in [1.82, 2.24) is 4.90 Å². The maximum absolute atomic E-state index is 11.6. The number of likely N-dealkylation sites (tertiary alicyclic amines) is 1. The Bertz CT molecular complexity index is 315. The zero-order valence-electron chi connectivity index (χ0n) is 8.99. The van der Waals surface area contributed by atoms with Gasteiger partial charge in [0.1, 0.15) is 0 Å². The van der Waals surface area contributed by atoms with Gasteiger partial charge in [0.25, 0.3) is 0 Å². The molecule has 2 aliphatic heterocycles. The SMILES string of the molecule is CC1(C)[C@H](N2CCCCC2)CS1(=O)=O. The number of sulfone groups is 1. The molecule has 2 aliphatic rings. The van der Waals surface area contributed by atoms with E-state index in [2.05, 4.69) is 4.90 Å². The molecule has 0 aromatic heterocycles. The van der Waals surface area contributed by atoms with E-state index in [1.807, 2.05) is 13.8 Å². The molecule has 0 N–H and O–H groups in total. The lowest BCUT2D eigenvalue weighted by molar-refractivity contribution is 0.134. The Kier molecular flexibility index (Phi) is 2.39. The first-order chi connectivity index (χ1) is 6.45. The van der Waals surface area contributed by atoms with Crippen LogP contribution in [-0.2, 0) is 9.84 Å². The maximum atomic E-state index is 11.6. The highest BCUT2D eigenvalue weighted by Gasteiger charge is 2.55. The zero-order chi connectivity index (χ0) is 10.4. The fourth-order valence-corrected chi connectivity index (χ4v) is 4.33. The first-order valence-corrected chi connectivity index (χ1v) is 7.07. The zero-order valence-corrected chi connectivity index (χ0v) is 9.81. The maximum Gasteiger partial charge on any atom is 0.158 e. The molecule has 2 rings (SSSR count). The van der Waals surface area contributed by atoms with Crippen LogP contribution in [0.2, 0.25) is 0 Å². The molecule has 0 aromatic carbocycles. The van der Waals surface area contributed by atoms with Crippen LogP contribution in [0.1, 0.15) is 33.1 Å². The van der Waals surface area contributed by atoms with Crippen LogP contribution in [0.15, 0.2) is 0 Å². The first kappa shape index (κ1) is 10.4. The van der Waals surface area contributed by atoms with Crippen LogP contribution in [0.5, 0.6) is 0 Å². The van der Waals surface area contributed by atoms with Gasteiger partial charge >= 0.3 is 0 Å². The van der Waals surface area contributed by atoms with Crippen molar-refractivity contribution in [3.05, 3.63) is 0 Å². The summed E-state index contributed by atoms with van der Waals surface area (Å²) in [7, 11) is -2.80. The van der Waals surface area contributed by atoms with Gasteiger partial charge in [-0.2, -0.15) is 0 Å². The van der Waals surface area contributed by atoms with Gasteiger partial charge in [-0.15, -0.1) is 0 Å². The number of piperidine rings is 1. The van der Waals surface area contributed by atoms with Crippen molar-refractivity contribution < 1.29 is 8.42 Å². The summed E-state index contributed by atoms with van der Waals surface area (Å²) in [5.74, 6) is 0.375. The van der Waals surface area contributed by atoms with Crippen molar-refractivity contribution in [1.29, 1.82) is 0 Å². The Hall–Kier alpha value is -0.0900. The van der Waals surface area contributed by atoms with E-state index in [1.54, 1.807) is 0 Å². The van der Waals surface area contributed by atoms with Crippen LogP contribution in [-0.4, -0.2) is 42.9 Å². The topological polar surface area (TPSA) is 37.4 Å². The molecule has 0 aliphatic carbocycles. The Morgan fingerprint density at radius 1 is 1.14 bits per heavy atom. The summed E-state index contributed by atoms with van der Waals surface area (Å²) in [6.07, 6.45) is 3.76. The van der Waals surface area contributed by atoms with E-state index in [1.165, 1.54) is 19.3 Å². The average molecular weight is 217 g/mol. The Morgan fingerprint density at radius 3 is 2.14 bits per heavy atom. The van der Waals surface area contributed by atoms with Crippen molar-refractivity contribution >= 4 is 9.84 Å². The standard InChI is InChI=1S/C10H19NO2S/c1-10(2)9(8-14(10,12)13)11-6-4-3-5-7-11/h9H,3-8H2,1-2H3/t9-/m1/s1. The van der Waals surface area contributed by atoms with Crippen molar-refractivity contribution in [2.75, 3.05) is 18.8 Å². The molecule has 0 amide bonds. The van der Waals surface area contributed by atoms with Crippen molar-refractivity contribution in [2.45, 2.75) is 43.9 Å². The van der Waals surface area contributed by atoms with Crippen LogP contribution in [0, 0.1) is 0 Å². The molecule has 0 radical (unpaired) electrons. The summed E-state index contributed by atoms with van der Waals surface area (Å²) in [4.78, 5) is 2.37. The molecule has 14 heavy (non-hydrogen) atoms. The summed E-state index contributed by atoms with van der Waals surface area (Å²) in [6.45, 7) is 5.91. The smallest absolute Gasteiger partial charge is 0.158 e. The third kappa shape index (κ3) is 1.39. The molecule has 2 heterocycles. The molecule has 0 saturated carbocycles. The van der Waals surface area contributed by atoms with Crippen LogP contribution in [0.4, 0.5) is 0 Å². The van der Waals surface area contributed by atoms with Gasteiger partial charge < -0.3 is 0 Å². The fourth-order valence-electron chi connectivity index (χ4n) is 2.51. The highest BCUT2D eigenvalue weighted by molar-refractivity contribution is 7.94. The van der Waals surface area contributed by atoms with Gasteiger partial charge in [-0.3, -0.25) is 4.90 Å². The number of rotatable bonds is 1. The van der Waals surface area contributed by atoms with Gasteiger partial charge in [0.05, 0.1) is 10.5 Å². The summed E-state index contributed by atoms with van der Waals surface area (Å²) < 4.78 is 22.6. The molecule has 4 heteroatoms. The van der Waals surface area contributed by atoms with Crippen LogP contribution < -0.4 is 0 Å².